The van der Waals surface area contributed by atoms with Crippen molar-refractivity contribution in [2.75, 3.05) is 0 Å². The summed E-state index contributed by atoms with van der Waals surface area (Å²) in [6, 6.07) is 8.17. The number of H-pyrrole nitrogens is 1. The van der Waals surface area contributed by atoms with Gasteiger partial charge in [-0.2, -0.15) is 0 Å². The third-order valence-corrected chi connectivity index (χ3v) is 3.58. The monoisotopic (exact) mass is 256 g/mol. The van der Waals surface area contributed by atoms with Gasteiger partial charge < -0.3 is 9.88 Å². The Morgan fingerprint density at radius 1 is 1.37 bits per heavy atom. The fraction of sp³-hybridized carbons (Fsp3) is 0.333. The zero-order valence-electron chi connectivity index (χ0n) is 10.8. The van der Waals surface area contributed by atoms with Crippen LogP contribution in [0.5, 0.6) is 0 Å². The molecule has 0 atom stereocenters. The van der Waals surface area contributed by atoms with Crippen LogP contribution in [0.2, 0.25) is 0 Å². The van der Waals surface area contributed by atoms with Crippen LogP contribution < -0.4 is 5.56 Å². The molecule has 1 aromatic carbocycles. The summed E-state index contributed by atoms with van der Waals surface area (Å²) >= 11 is 0. The van der Waals surface area contributed by atoms with E-state index in [0.717, 1.165) is 35.7 Å². The van der Waals surface area contributed by atoms with E-state index in [1.807, 2.05) is 31.2 Å². The Bertz CT molecular complexity index is 686. The predicted molar refractivity (Wildman–Crippen MR) is 73.9 cm³/mol. The minimum atomic E-state index is -0.106. The van der Waals surface area contributed by atoms with Gasteiger partial charge in [0.1, 0.15) is 0 Å². The van der Waals surface area contributed by atoms with Crippen LogP contribution in [-0.2, 0) is 11.3 Å². The second-order valence-electron chi connectivity index (χ2n) is 5.22. The van der Waals surface area contributed by atoms with Crippen LogP contribution in [-0.4, -0.2) is 22.3 Å². The van der Waals surface area contributed by atoms with Crippen LogP contribution in [0.15, 0.2) is 29.1 Å². The molecule has 1 heterocycles. The smallest absolute Gasteiger partial charge is 0.253 e. The highest BCUT2D eigenvalue weighted by atomic mass is 16.1. The molecule has 1 aliphatic carbocycles. The Balaban J connectivity index is 1.99. The third kappa shape index (κ3) is 2.38. The van der Waals surface area contributed by atoms with E-state index in [0.29, 0.717) is 18.2 Å². The highest BCUT2D eigenvalue weighted by Crippen LogP contribution is 2.26. The van der Waals surface area contributed by atoms with Crippen LogP contribution in [0.25, 0.3) is 10.9 Å². The first-order chi connectivity index (χ1) is 9.17. The molecule has 0 bridgehead atoms. The summed E-state index contributed by atoms with van der Waals surface area (Å²) in [4.78, 5) is 27.7. The molecular weight excluding hydrogens is 240 g/mol. The van der Waals surface area contributed by atoms with Crippen molar-refractivity contribution in [2.24, 2.45) is 0 Å². The molecule has 0 radical (unpaired) electrons. The minimum Gasteiger partial charge on any atom is -0.338 e. The van der Waals surface area contributed by atoms with Gasteiger partial charge in [-0.05, 0) is 42.8 Å². The van der Waals surface area contributed by atoms with Gasteiger partial charge in [-0.3, -0.25) is 9.59 Å². The second-order valence-corrected chi connectivity index (χ2v) is 5.22. The summed E-state index contributed by atoms with van der Waals surface area (Å²) < 4.78 is 0. The van der Waals surface area contributed by atoms with Gasteiger partial charge >= 0.3 is 0 Å². The summed E-state index contributed by atoms with van der Waals surface area (Å²) in [5.41, 5.74) is 2.50. The number of hydrogen-bond acceptors (Lipinski definition) is 2. The number of pyridine rings is 1. The lowest BCUT2D eigenvalue weighted by Gasteiger charge is -2.16. The Morgan fingerprint density at radius 3 is 2.84 bits per heavy atom. The highest BCUT2D eigenvalue weighted by Gasteiger charge is 2.28. The first-order valence-corrected chi connectivity index (χ1v) is 6.51. The largest absolute Gasteiger partial charge is 0.338 e. The number of aromatic amines is 1. The van der Waals surface area contributed by atoms with E-state index in [1.54, 1.807) is 4.90 Å². The zero-order valence-corrected chi connectivity index (χ0v) is 10.8. The van der Waals surface area contributed by atoms with Crippen molar-refractivity contribution in [3.8, 4) is 0 Å². The maximum Gasteiger partial charge on any atom is 0.253 e. The Morgan fingerprint density at radius 2 is 2.16 bits per heavy atom. The molecule has 19 heavy (non-hydrogen) atoms. The molecule has 1 aliphatic rings. The fourth-order valence-corrected chi connectivity index (χ4v) is 2.33. The summed E-state index contributed by atoms with van der Waals surface area (Å²) in [6.07, 6.45) is 2.93. The zero-order chi connectivity index (χ0) is 13.4. The van der Waals surface area contributed by atoms with E-state index < -0.39 is 0 Å². The van der Waals surface area contributed by atoms with Gasteiger partial charge in [0, 0.05) is 17.1 Å². The van der Waals surface area contributed by atoms with Crippen molar-refractivity contribution < 1.29 is 4.79 Å². The summed E-state index contributed by atoms with van der Waals surface area (Å²) in [7, 11) is 0. The lowest BCUT2D eigenvalue weighted by molar-refractivity contribution is -0.119. The van der Waals surface area contributed by atoms with E-state index in [2.05, 4.69) is 4.98 Å². The number of nitrogens with one attached hydrogen (secondary N) is 1. The minimum absolute atomic E-state index is 0.106. The highest BCUT2D eigenvalue weighted by molar-refractivity contribution is 5.79. The van der Waals surface area contributed by atoms with Gasteiger partial charge in [-0.25, -0.2) is 0 Å². The van der Waals surface area contributed by atoms with Crippen molar-refractivity contribution >= 4 is 17.3 Å². The van der Waals surface area contributed by atoms with Crippen molar-refractivity contribution in [3.63, 3.8) is 0 Å². The maximum atomic E-state index is 12.0. The Hall–Kier alpha value is -2.10. The third-order valence-electron chi connectivity index (χ3n) is 3.58. The molecule has 1 aromatic heterocycles. The molecule has 0 unspecified atom stereocenters. The molecule has 98 valence electrons. The number of amides is 1. The van der Waals surface area contributed by atoms with E-state index >= 15 is 0 Å². The molecule has 0 spiro atoms. The molecule has 4 nitrogen and oxygen atoms in total. The van der Waals surface area contributed by atoms with E-state index in [-0.39, 0.29) is 5.56 Å². The van der Waals surface area contributed by atoms with Crippen LogP contribution >= 0.6 is 0 Å². The number of nitrogens with zero attached hydrogens (tertiary/aromatic N) is 1. The van der Waals surface area contributed by atoms with Gasteiger partial charge in [0.15, 0.2) is 0 Å². The molecular formula is C15H16N2O2. The van der Waals surface area contributed by atoms with Crippen LogP contribution in [0, 0.1) is 6.92 Å². The number of carbonyl (C=O) groups is 1. The average Bonchev–Trinajstić information content (AvgIpc) is 3.20. The van der Waals surface area contributed by atoms with Crippen molar-refractivity contribution in [1.29, 1.82) is 0 Å². The molecule has 1 amide bonds. The Labute approximate surface area is 111 Å². The topological polar surface area (TPSA) is 53.2 Å². The molecule has 1 N–H and O–H groups in total. The van der Waals surface area contributed by atoms with Crippen molar-refractivity contribution in [1.82, 2.24) is 9.88 Å². The number of carbonyl (C=O) groups excluding carboxylic acids is 1. The van der Waals surface area contributed by atoms with Crippen LogP contribution in [0.4, 0.5) is 0 Å². The second kappa shape index (κ2) is 4.53. The number of fused-ring (bicyclic) bond motifs is 1. The quantitative estimate of drug-likeness (QED) is 0.850. The lowest BCUT2D eigenvalue weighted by Crippen LogP contribution is -2.27. The van der Waals surface area contributed by atoms with Gasteiger partial charge in [-0.15, -0.1) is 0 Å². The van der Waals surface area contributed by atoms with Crippen LogP contribution in [0.1, 0.15) is 24.0 Å². The van der Waals surface area contributed by atoms with Gasteiger partial charge in [0.25, 0.3) is 5.56 Å². The van der Waals surface area contributed by atoms with E-state index in [9.17, 15) is 9.59 Å². The molecule has 2 aromatic rings. The number of aromatic nitrogens is 1. The maximum absolute atomic E-state index is 12.0. The number of rotatable bonds is 4. The van der Waals surface area contributed by atoms with Crippen molar-refractivity contribution in [3.05, 3.63) is 45.7 Å². The molecule has 4 heteroatoms. The fourth-order valence-electron chi connectivity index (χ4n) is 2.33. The van der Waals surface area contributed by atoms with Gasteiger partial charge in [0.05, 0.1) is 6.54 Å². The lowest BCUT2D eigenvalue weighted by atomic mass is 10.1. The van der Waals surface area contributed by atoms with E-state index in [1.165, 1.54) is 0 Å². The Kier molecular flexibility index (Phi) is 2.85. The van der Waals surface area contributed by atoms with Gasteiger partial charge in [0.2, 0.25) is 6.41 Å². The number of aryl methyl sites for hydroxylation is 1. The number of benzene rings is 1. The normalized spacial score (nSPS) is 14.6. The van der Waals surface area contributed by atoms with Crippen molar-refractivity contribution in [2.45, 2.75) is 32.4 Å². The summed E-state index contributed by atoms with van der Waals surface area (Å²) in [5, 5.41) is 1.00. The standard InChI is InChI=1S/C15H16N2O2/c1-10-2-3-11-7-12(15(19)16-14(11)6-10)8-17(9-18)13-4-5-13/h2-3,6-7,9,13H,4-5,8H2,1H3,(H,16,19). The van der Waals surface area contributed by atoms with Crippen LogP contribution in [0.3, 0.4) is 0 Å². The summed E-state index contributed by atoms with van der Waals surface area (Å²) in [5.74, 6) is 0. The molecule has 1 saturated carbocycles. The average molecular weight is 256 g/mol. The number of hydrogen-bond donors (Lipinski definition) is 1. The predicted octanol–water partition coefficient (Wildman–Crippen LogP) is 1.96. The first kappa shape index (κ1) is 12.0. The summed E-state index contributed by atoms with van der Waals surface area (Å²) in [6.45, 7) is 2.39. The SMILES string of the molecule is Cc1ccc2cc(CN(C=O)C3CC3)c(=O)[nH]c2c1. The molecule has 0 aliphatic heterocycles. The first-order valence-electron chi connectivity index (χ1n) is 6.51. The molecule has 3 rings (SSSR count). The van der Waals surface area contributed by atoms with Gasteiger partial charge in [-0.1, -0.05) is 12.1 Å². The molecule has 1 fully saturated rings. The van der Waals surface area contributed by atoms with E-state index in [4.69, 9.17) is 0 Å². The molecule has 0 saturated heterocycles.